The van der Waals surface area contributed by atoms with Gasteiger partial charge < -0.3 is 0 Å². The van der Waals surface area contributed by atoms with Crippen molar-refractivity contribution in [3.8, 4) is 0 Å². The molecule has 0 radical (unpaired) electrons. The van der Waals surface area contributed by atoms with E-state index in [0.717, 1.165) is 23.4 Å². The Balaban J connectivity index is 1.90. The lowest BCUT2D eigenvalue weighted by atomic mass is 10.1. The Hall–Kier alpha value is -2.10. The maximum absolute atomic E-state index is 12.6. The van der Waals surface area contributed by atoms with E-state index >= 15 is 0 Å². The fourth-order valence-electron chi connectivity index (χ4n) is 2.92. The van der Waals surface area contributed by atoms with Gasteiger partial charge in [-0.3, -0.25) is 9.36 Å². The molecule has 0 unspecified atom stereocenters. The molecule has 0 aliphatic carbocycles. The Morgan fingerprint density at radius 1 is 1.09 bits per heavy atom. The van der Waals surface area contributed by atoms with Gasteiger partial charge in [0.25, 0.3) is 5.56 Å². The second kappa shape index (κ2) is 5.52. The number of benzene rings is 2. The van der Waals surface area contributed by atoms with Gasteiger partial charge in [-0.25, -0.2) is 4.98 Å². The number of aromatic nitrogens is 2. The summed E-state index contributed by atoms with van der Waals surface area (Å²) in [6.45, 7) is 0.635. The Labute approximate surface area is 142 Å². The molecule has 2 aromatic carbocycles. The van der Waals surface area contributed by atoms with E-state index in [4.69, 9.17) is 23.2 Å². The SMILES string of the molecule is O=c1c2cc(Cl)ccc2nc2n1CC/C2=C\c1cccc(Cl)c1. The van der Waals surface area contributed by atoms with E-state index in [9.17, 15) is 4.79 Å². The van der Waals surface area contributed by atoms with Gasteiger partial charge in [-0.2, -0.15) is 0 Å². The van der Waals surface area contributed by atoms with Crippen LogP contribution in [0.1, 0.15) is 17.8 Å². The third-order valence-electron chi connectivity index (χ3n) is 4.00. The molecule has 0 saturated carbocycles. The maximum Gasteiger partial charge on any atom is 0.261 e. The molecule has 0 bridgehead atoms. The Kier molecular flexibility index (Phi) is 3.47. The molecule has 0 spiro atoms. The van der Waals surface area contributed by atoms with Crippen molar-refractivity contribution >= 4 is 45.8 Å². The molecule has 0 saturated heterocycles. The predicted octanol–water partition coefficient (Wildman–Crippen LogP) is 4.65. The normalized spacial score (nSPS) is 15.3. The zero-order valence-corrected chi connectivity index (χ0v) is 13.6. The van der Waals surface area contributed by atoms with Crippen LogP contribution in [0.4, 0.5) is 0 Å². The van der Waals surface area contributed by atoms with Gasteiger partial charge in [-0.1, -0.05) is 35.3 Å². The lowest BCUT2D eigenvalue weighted by molar-refractivity contribution is 0.725. The number of hydrogen-bond acceptors (Lipinski definition) is 2. The fourth-order valence-corrected chi connectivity index (χ4v) is 3.29. The van der Waals surface area contributed by atoms with Crippen LogP contribution < -0.4 is 5.56 Å². The number of nitrogens with zero attached hydrogens (tertiary/aromatic N) is 2. The van der Waals surface area contributed by atoms with Crippen molar-refractivity contribution < 1.29 is 0 Å². The molecule has 4 rings (SSSR count). The molecular formula is C18H12Cl2N2O. The molecule has 0 amide bonds. The van der Waals surface area contributed by atoms with Gasteiger partial charge in [0, 0.05) is 16.6 Å². The second-order valence-electron chi connectivity index (χ2n) is 5.53. The third-order valence-corrected chi connectivity index (χ3v) is 4.47. The standard InChI is InChI=1S/C18H12Cl2N2O/c19-13-3-1-2-11(9-13)8-12-6-7-22-17(12)21-16-5-4-14(20)10-15(16)18(22)23/h1-5,8-10H,6-7H2/b12-8+. The van der Waals surface area contributed by atoms with Crippen molar-refractivity contribution in [3.05, 3.63) is 74.3 Å². The summed E-state index contributed by atoms with van der Waals surface area (Å²) >= 11 is 12.0. The van der Waals surface area contributed by atoms with Crippen molar-refractivity contribution in [1.82, 2.24) is 9.55 Å². The molecule has 1 aromatic heterocycles. The summed E-state index contributed by atoms with van der Waals surface area (Å²) in [5.74, 6) is 0.727. The van der Waals surface area contributed by atoms with E-state index < -0.39 is 0 Å². The summed E-state index contributed by atoms with van der Waals surface area (Å²) in [6.07, 6.45) is 2.82. The van der Waals surface area contributed by atoms with Crippen LogP contribution in [-0.4, -0.2) is 9.55 Å². The third kappa shape index (κ3) is 2.56. The first kappa shape index (κ1) is 14.5. The number of allylic oxidation sites excluding steroid dienone is 1. The largest absolute Gasteiger partial charge is 0.292 e. The van der Waals surface area contributed by atoms with Crippen LogP contribution in [0.5, 0.6) is 0 Å². The first-order chi connectivity index (χ1) is 11.1. The van der Waals surface area contributed by atoms with Crippen LogP contribution >= 0.6 is 23.2 Å². The number of hydrogen-bond donors (Lipinski definition) is 0. The molecule has 0 fully saturated rings. The lowest BCUT2D eigenvalue weighted by Gasteiger charge is -2.06. The summed E-state index contributed by atoms with van der Waals surface area (Å²) in [4.78, 5) is 17.3. The van der Waals surface area contributed by atoms with Gasteiger partial charge in [-0.15, -0.1) is 0 Å². The zero-order valence-electron chi connectivity index (χ0n) is 12.1. The summed E-state index contributed by atoms with van der Waals surface area (Å²) in [7, 11) is 0. The molecule has 1 aliphatic heterocycles. The van der Waals surface area contributed by atoms with Crippen LogP contribution in [0.15, 0.2) is 47.3 Å². The molecule has 1 aliphatic rings. The zero-order chi connectivity index (χ0) is 16.0. The molecule has 0 N–H and O–H groups in total. The highest BCUT2D eigenvalue weighted by atomic mass is 35.5. The van der Waals surface area contributed by atoms with E-state index in [-0.39, 0.29) is 5.56 Å². The van der Waals surface area contributed by atoms with Crippen molar-refractivity contribution in [3.63, 3.8) is 0 Å². The Bertz CT molecular complexity index is 1020. The maximum atomic E-state index is 12.6. The molecule has 5 heteroatoms. The van der Waals surface area contributed by atoms with Crippen LogP contribution in [-0.2, 0) is 6.54 Å². The fraction of sp³-hybridized carbons (Fsp3) is 0.111. The second-order valence-corrected chi connectivity index (χ2v) is 6.40. The Morgan fingerprint density at radius 2 is 1.91 bits per heavy atom. The number of rotatable bonds is 1. The van der Waals surface area contributed by atoms with Gasteiger partial charge in [-0.05, 0) is 54.0 Å². The monoisotopic (exact) mass is 342 g/mol. The molecule has 23 heavy (non-hydrogen) atoms. The first-order valence-corrected chi connectivity index (χ1v) is 8.04. The van der Waals surface area contributed by atoms with Crippen LogP contribution in [0.3, 0.4) is 0 Å². The molecule has 3 nitrogen and oxygen atoms in total. The average molecular weight is 343 g/mol. The highest BCUT2D eigenvalue weighted by Crippen LogP contribution is 2.28. The predicted molar refractivity (Wildman–Crippen MR) is 95.0 cm³/mol. The van der Waals surface area contributed by atoms with Crippen molar-refractivity contribution in [2.75, 3.05) is 0 Å². The molecule has 114 valence electrons. The summed E-state index contributed by atoms with van der Waals surface area (Å²) in [5.41, 5.74) is 2.68. The topological polar surface area (TPSA) is 34.9 Å². The highest BCUT2D eigenvalue weighted by Gasteiger charge is 2.20. The smallest absolute Gasteiger partial charge is 0.261 e. The van der Waals surface area contributed by atoms with Crippen molar-refractivity contribution in [2.24, 2.45) is 0 Å². The van der Waals surface area contributed by atoms with Gasteiger partial charge in [0.05, 0.1) is 10.9 Å². The quantitative estimate of drug-likeness (QED) is 0.645. The van der Waals surface area contributed by atoms with Crippen LogP contribution in [0, 0.1) is 0 Å². The van der Waals surface area contributed by atoms with Crippen molar-refractivity contribution in [2.45, 2.75) is 13.0 Å². The summed E-state index contributed by atoms with van der Waals surface area (Å²) in [6, 6.07) is 12.9. The molecular weight excluding hydrogens is 331 g/mol. The Morgan fingerprint density at radius 3 is 2.74 bits per heavy atom. The average Bonchev–Trinajstić information content (AvgIpc) is 2.92. The number of fused-ring (bicyclic) bond motifs is 2. The minimum atomic E-state index is -0.0398. The summed E-state index contributed by atoms with van der Waals surface area (Å²) in [5, 5.41) is 1.80. The van der Waals surface area contributed by atoms with Gasteiger partial charge in [0.15, 0.2) is 0 Å². The molecule has 2 heterocycles. The minimum absolute atomic E-state index is 0.0398. The van der Waals surface area contributed by atoms with E-state index in [1.54, 1.807) is 22.8 Å². The first-order valence-electron chi connectivity index (χ1n) is 7.28. The molecule has 3 aromatic rings. The van der Waals surface area contributed by atoms with E-state index in [2.05, 4.69) is 4.98 Å². The lowest BCUT2D eigenvalue weighted by Crippen LogP contribution is -2.20. The van der Waals surface area contributed by atoms with Gasteiger partial charge in [0.1, 0.15) is 5.82 Å². The van der Waals surface area contributed by atoms with E-state index in [1.807, 2.05) is 30.3 Å². The van der Waals surface area contributed by atoms with E-state index in [0.29, 0.717) is 27.5 Å². The minimum Gasteiger partial charge on any atom is -0.292 e. The number of halogens is 2. The van der Waals surface area contributed by atoms with Gasteiger partial charge in [0.2, 0.25) is 0 Å². The van der Waals surface area contributed by atoms with Crippen LogP contribution in [0.25, 0.3) is 22.6 Å². The van der Waals surface area contributed by atoms with Crippen LogP contribution in [0.2, 0.25) is 10.0 Å². The van der Waals surface area contributed by atoms with Crippen molar-refractivity contribution in [1.29, 1.82) is 0 Å². The highest BCUT2D eigenvalue weighted by molar-refractivity contribution is 6.31. The van der Waals surface area contributed by atoms with E-state index in [1.165, 1.54) is 0 Å². The van der Waals surface area contributed by atoms with Gasteiger partial charge >= 0.3 is 0 Å². The molecule has 0 atom stereocenters. The summed E-state index contributed by atoms with van der Waals surface area (Å²) < 4.78 is 1.72.